The van der Waals surface area contributed by atoms with E-state index in [2.05, 4.69) is 31.0 Å². The Bertz CT molecular complexity index is 741. The molecule has 0 fully saturated rings. The highest BCUT2D eigenvalue weighted by Gasteiger charge is 2.08. The Kier molecular flexibility index (Phi) is 3.56. The van der Waals surface area contributed by atoms with Gasteiger partial charge in [0.05, 0.1) is 6.54 Å². The molecule has 0 saturated carbocycles. The van der Waals surface area contributed by atoms with Crippen LogP contribution in [0, 0.1) is 5.82 Å². The van der Waals surface area contributed by atoms with Crippen molar-refractivity contribution in [3.8, 4) is 11.5 Å². The Morgan fingerprint density at radius 2 is 1.95 bits per heavy atom. The summed E-state index contributed by atoms with van der Waals surface area (Å²) in [6.45, 7) is 0.341. The normalized spacial score (nSPS) is 10.7. The Balaban J connectivity index is 1.86. The van der Waals surface area contributed by atoms with E-state index in [0.717, 1.165) is 4.60 Å². The van der Waals surface area contributed by atoms with E-state index in [9.17, 15) is 4.39 Å². The maximum atomic E-state index is 13.6. The first-order chi connectivity index (χ1) is 9.72. The van der Waals surface area contributed by atoms with Gasteiger partial charge in [-0.15, -0.1) is 5.10 Å². The fourth-order valence-corrected chi connectivity index (χ4v) is 2.17. The first-order valence-electron chi connectivity index (χ1n) is 5.98. The van der Waals surface area contributed by atoms with Crippen LogP contribution in [0.3, 0.4) is 0 Å². The fourth-order valence-electron chi connectivity index (χ4n) is 1.82. The van der Waals surface area contributed by atoms with Crippen LogP contribution >= 0.6 is 15.9 Å². The van der Waals surface area contributed by atoms with Crippen molar-refractivity contribution in [2.45, 2.75) is 6.54 Å². The van der Waals surface area contributed by atoms with Crippen LogP contribution in [-0.2, 0) is 6.54 Å². The van der Waals surface area contributed by atoms with Crippen LogP contribution in [0.15, 0.2) is 53.4 Å². The van der Waals surface area contributed by atoms with E-state index in [0.29, 0.717) is 23.6 Å². The number of hydrogen-bond donors (Lipinski definition) is 0. The quantitative estimate of drug-likeness (QED) is 0.691. The van der Waals surface area contributed by atoms with Gasteiger partial charge in [-0.3, -0.25) is 0 Å². The van der Waals surface area contributed by atoms with Gasteiger partial charge in [-0.05, 0) is 34.1 Å². The molecule has 0 saturated heterocycles. The molecule has 0 aliphatic rings. The number of benzene rings is 1. The van der Waals surface area contributed by atoms with Gasteiger partial charge in [0.1, 0.15) is 22.4 Å². The number of aromatic nitrogens is 4. The van der Waals surface area contributed by atoms with E-state index in [4.69, 9.17) is 0 Å². The molecule has 0 atom stereocenters. The average molecular weight is 333 g/mol. The molecular weight excluding hydrogens is 323 g/mol. The van der Waals surface area contributed by atoms with E-state index in [1.54, 1.807) is 29.2 Å². The van der Waals surface area contributed by atoms with Crippen molar-refractivity contribution >= 4 is 15.9 Å². The standard InChI is InChI=1S/C14H10BrFN4/c15-13-7-3-6-12(18-13)14-17-9-20(19-14)8-10-4-1-2-5-11(10)16/h1-7,9H,8H2. The zero-order valence-electron chi connectivity index (χ0n) is 10.4. The highest BCUT2D eigenvalue weighted by molar-refractivity contribution is 9.10. The monoisotopic (exact) mass is 332 g/mol. The third-order valence-electron chi connectivity index (χ3n) is 2.77. The molecule has 3 aromatic rings. The molecule has 4 nitrogen and oxygen atoms in total. The molecule has 0 unspecified atom stereocenters. The Morgan fingerprint density at radius 3 is 2.75 bits per heavy atom. The molecule has 3 rings (SSSR count). The third kappa shape index (κ3) is 2.75. The number of rotatable bonds is 3. The lowest BCUT2D eigenvalue weighted by Gasteiger charge is -2.02. The van der Waals surface area contributed by atoms with Crippen LogP contribution < -0.4 is 0 Å². The zero-order valence-corrected chi connectivity index (χ0v) is 12.0. The number of halogens is 2. The Morgan fingerprint density at radius 1 is 1.10 bits per heavy atom. The third-order valence-corrected chi connectivity index (χ3v) is 3.21. The Hall–Kier alpha value is -2.08. The molecule has 0 spiro atoms. The zero-order chi connectivity index (χ0) is 13.9. The second-order valence-corrected chi connectivity index (χ2v) is 5.02. The maximum Gasteiger partial charge on any atom is 0.199 e. The second kappa shape index (κ2) is 5.50. The van der Waals surface area contributed by atoms with Crippen molar-refractivity contribution in [1.82, 2.24) is 19.7 Å². The second-order valence-electron chi connectivity index (χ2n) is 4.20. The summed E-state index contributed by atoms with van der Waals surface area (Å²) in [4.78, 5) is 8.49. The molecule has 0 amide bonds. The van der Waals surface area contributed by atoms with Crippen LogP contribution in [0.2, 0.25) is 0 Å². The van der Waals surface area contributed by atoms with Gasteiger partial charge in [-0.1, -0.05) is 24.3 Å². The van der Waals surface area contributed by atoms with Crippen LogP contribution in [0.1, 0.15) is 5.56 Å². The molecule has 2 aromatic heterocycles. The molecule has 20 heavy (non-hydrogen) atoms. The molecule has 0 aliphatic heterocycles. The lowest BCUT2D eigenvalue weighted by Crippen LogP contribution is -2.02. The minimum atomic E-state index is -0.245. The van der Waals surface area contributed by atoms with Crippen LogP contribution in [0.4, 0.5) is 4.39 Å². The van der Waals surface area contributed by atoms with Gasteiger partial charge < -0.3 is 0 Å². The molecule has 1 aromatic carbocycles. The average Bonchev–Trinajstić information content (AvgIpc) is 2.90. The topological polar surface area (TPSA) is 43.6 Å². The highest BCUT2D eigenvalue weighted by Crippen LogP contribution is 2.15. The summed E-state index contributed by atoms with van der Waals surface area (Å²) in [5.74, 6) is 0.271. The van der Waals surface area contributed by atoms with E-state index < -0.39 is 0 Å². The SMILES string of the molecule is Fc1ccccc1Cn1cnc(-c2cccc(Br)n2)n1. The van der Waals surface area contributed by atoms with Crippen molar-refractivity contribution < 1.29 is 4.39 Å². The number of pyridine rings is 1. The van der Waals surface area contributed by atoms with Gasteiger partial charge in [0.15, 0.2) is 5.82 Å². The number of hydrogen-bond acceptors (Lipinski definition) is 3. The largest absolute Gasteiger partial charge is 0.248 e. The summed E-state index contributed by atoms with van der Waals surface area (Å²) in [7, 11) is 0. The molecule has 0 radical (unpaired) electrons. The summed E-state index contributed by atoms with van der Waals surface area (Å²) in [5.41, 5.74) is 1.25. The lowest BCUT2D eigenvalue weighted by atomic mass is 10.2. The first-order valence-corrected chi connectivity index (χ1v) is 6.77. The first kappa shape index (κ1) is 12.9. The van der Waals surface area contributed by atoms with Gasteiger partial charge >= 0.3 is 0 Å². The Labute approximate surface area is 123 Å². The summed E-state index contributed by atoms with van der Waals surface area (Å²) in [6.07, 6.45) is 1.57. The minimum absolute atomic E-state index is 0.245. The molecule has 6 heteroatoms. The summed E-state index contributed by atoms with van der Waals surface area (Å²) >= 11 is 3.31. The van der Waals surface area contributed by atoms with Crippen molar-refractivity contribution in [2.75, 3.05) is 0 Å². The molecular formula is C14H10BrFN4. The van der Waals surface area contributed by atoms with E-state index in [1.165, 1.54) is 6.07 Å². The van der Waals surface area contributed by atoms with E-state index >= 15 is 0 Å². The lowest BCUT2D eigenvalue weighted by molar-refractivity contribution is 0.585. The van der Waals surface area contributed by atoms with Crippen LogP contribution in [-0.4, -0.2) is 19.7 Å². The van der Waals surface area contributed by atoms with Crippen molar-refractivity contribution in [3.63, 3.8) is 0 Å². The van der Waals surface area contributed by atoms with Gasteiger partial charge in [-0.2, -0.15) is 0 Å². The van der Waals surface area contributed by atoms with Crippen molar-refractivity contribution in [3.05, 3.63) is 64.8 Å². The van der Waals surface area contributed by atoms with Crippen LogP contribution in [0.5, 0.6) is 0 Å². The van der Waals surface area contributed by atoms with Crippen LogP contribution in [0.25, 0.3) is 11.5 Å². The number of nitrogens with zero attached hydrogens (tertiary/aromatic N) is 4. The van der Waals surface area contributed by atoms with Gasteiger partial charge in [-0.25, -0.2) is 19.0 Å². The fraction of sp³-hybridized carbons (Fsp3) is 0.0714. The summed E-state index contributed by atoms with van der Waals surface area (Å²) in [6, 6.07) is 12.2. The smallest absolute Gasteiger partial charge is 0.199 e. The van der Waals surface area contributed by atoms with E-state index in [-0.39, 0.29) is 5.82 Å². The molecule has 0 bridgehead atoms. The highest BCUT2D eigenvalue weighted by atomic mass is 79.9. The molecule has 0 N–H and O–H groups in total. The molecule has 100 valence electrons. The molecule has 0 aliphatic carbocycles. The van der Waals surface area contributed by atoms with Gasteiger partial charge in [0, 0.05) is 5.56 Å². The molecule has 2 heterocycles. The predicted molar refractivity (Wildman–Crippen MR) is 76.5 cm³/mol. The van der Waals surface area contributed by atoms with E-state index in [1.807, 2.05) is 18.2 Å². The van der Waals surface area contributed by atoms with Crippen molar-refractivity contribution in [1.29, 1.82) is 0 Å². The maximum absolute atomic E-state index is 13.6. The summed E-state index contributed by atoms with van der Waals surface area (Å²) < 4.78 is 15.9. The minimum Gasteiger partial charge on any atom is -0.248 e. The summed E-state index contributed by atoms with van der Waals surface area (Å²) in [5, 5.41) is 4.31. The van der Waals surface area contributed by atoms with Gasteiger partial charge in [0.25, 0.3) is 0 Å². The van der Waals surface area contributed by atoms with Gasteiger partial charge in [0.2, 0.25) is 0 Å². The van der Waals surface area contributed by atoms with Crippen molar-refractivity contribution in [2.24, 2.45) is 0 Å². The predicted octanol–water partition coefficient (Wildman–Crippen LogP) is 3.29.